The number of benzene rings is 3. The summed E-state index contributed by atoms with van der Waals surface area (Å²) >= 11 is 0. The van der Waals surface area contributed by atoms with Crippen LogP contribution in [0.1, 0.15) is 11.1 Å². The topological polar surface area (TPSA) is 84.5 Å². The first-order valence-corrected chi connectivity index (χ1v) is 10.5. The van der Waals surface area contributed by atoms with E-state index in [4.69, 9.17) is 4.74 Å². The Bertz CT molecular complexity index is 1070. The molecule has 1 amide bonds. The van der Waals surface area contributed by atoms with Crippen molar-refractivity contribution in [1.82, 2.24) is 4.72 Å². The highest BCUT2D eigenvalue weighted by Gasteiger charge is 2.15. The maximum atomic E-state index is 12.5. The highest BCUT2D eigenvalue weighted by atomic mass is 32.2. The van der Waals surface area contributed by atoms with Crippen LogP contribution in [0, 0.1) is 6.92 Å². The summed E-state index contributed by atoms with van der Waals surface area (Å²) in [4.78, 5) is 12.1. The first-order valence-electron chi connectivity index (χ1n) is 9.06. The molecule has 0 bridgehead atoms. The molecule has 7 heteroatoms. The van der Waals surface area contributed by atoms with Crippen LogP contribution in [0.25, 0.3) is 0 Å². The first kappa shape index (κ1) is 20.6. The van der Waals surface area contributed by atoms with Gasteiger partial charge in [0.2, 0.25) is 10.0 Å². The van der Waals surface area contributed by atoms with Crippen molar-refractivity contribution >= 4 is 21.6 Å². The Morgan fingerprint density at radius 1 is 0.931 bits per heavy atom. The van der Waals surface area contributed by atoms with Gasteiger partial charge in [0, 0.05) is 12.2 Å². The molecule has 3 aromatic rings. The molecule has 6 nitrogen and oxygen atoms in total. The summed E-state index contributed by atoms with van der Waals surface area (Å²) in [6.07, 6.45) is 0. The van der Waals surface area contributed by atoms with Crippen LogP contribution in [0.3, 0.4) is 0 Å². The van der Waals surface area contributed by atoms with Crippen LogP contribution in [0.4, 0.5) is 5.69 Å². The summed E-state index contributed by atoms with van der Waals surface area (Å²) in [6, 6.07) is 22.9. The van der Waals surface area contributed by atoms with E-state index in [1.54, 1.807) is 25.1 Å². The Kier molecular flexibility index (Phi) is 6.64. The van der Waals surface area contributed by atoms with Gasteiger partial charge in [-0.15, -0.1) is 0 Å². The number of ether oxygens (including phenoxy) is 1. The number of anilines is 1. The van der Waals surface area contributed by atoms with Gasteiger partial charge in [-0.3, -0.25) is 4.79 Å². The van der Waals surface area contributed by atoms with Crippen LogP contribution in [-0.2, 0) is 21.4 Å². The smallest absolute Gasteiger partial charge is 0.262 e. The second kappa shape index (κ2) is 9.36. The minimum absolute atomic E-state index is 0.145. The number of hydrogen-bond donors (Lipinski definition) is 2. The van der Waals surface area contributed by atoms with Gasteiger partial charge in [-0.05, 0) is 48.4 Å². The van der Waals surface area contributed by atoms with Crippen LogP contribution in [0.15, 0.2) is 83.8 Å². The van der Waals surface area contributed by atoms with Crippen molar-refractivity contribution in [3.05, 3.63) is 90.0 Å². The van der Waals surface area contributed by atoms with Crippen molar-refractivity contribution in [3.8, 4) is 5.75 Å². The van der Waals surface area contributed by atoms with Gasteiger partial charge in [0.1, 0.15) is 5.75 Å². The summed E-state index contributed by atoms with van der Waals surface area (Å²) in [5.74, 6) is 0.159. The van der Waals surface area contributed by atoms with E-state index < -0.39 is 10.0 Å². The van der Waals surface area contributed by atoms with Crippen molar-refractivity contribution in [3.63, 3.8) is 0 Å². The molecule has 0 aliphatic rings. The zero-order valence-corrected chi connectivity index (χ0v) is 16.8. The van der Waals surface area contributed by atoms with Gasteiger partial charge in [0.15, 0.2) is 6.61 Å². The minimum Gasteiger partial charge on any atom is -0.483 e. The van der Waals surface area contributed by atoms with E-state index in [2.05, 4.69) is 10.0 Å². The summed E-state index contributed by atoms with van der Waals surface area (Å²) < 4.78 is 33.2. The van der Waals surface area contributed by atoms with Crippen LogP contribution < -0.4 is 14.8 Å². The molecule has 0 radical (unpaired) electrons. The molecular weight excluding hydrogens is 388 g/mol. The minimum atomic E-state index is -3.65. The fraction of sp³-hybridized carbons (Fsp3) is 0.136. The quantitative estimate of drug-likeness (QED) is 0.595. The van der Waals surface area contributed by atoms with E-state index in [0.717, 1.165) is 5.56 Å². The predicted octanol–water partition coefficient (Wildman–Crippen LogP) is 3.49. The average molecular weight is 410 g/mol. The number of carbonyl (C=O) groups is 1. The lowest BCUT2D eigenvalue weighted by atomic mass is 10.2. The standard InChI is InChI=1S/C22H22N2O4S/c1-17-14-20(29(26,27)23-15-18-8-4-2-5-9-18)12-13-21(17)28-16-22(25)24-19-10-6-3-7-11-19/h2-14,23H,15-16H2,1H3,(H,24,25). The molecule has 0 aromatic heterocycles. The molecule has 0 atom stereocenters. The van der Waals surface area contributed by atoms with Crippen LogP contribution in [0.5, 0.6) is 5.75 Å². The van der Waals surface area contributed by atoms with Gasteiger partial charge in [0.05, 0.1) is 4.90 Å². The maximum absolute atomic E-state index is 12.5. The van der Waals surface area contributed by atoms with Gasteiger partial charge >= 0.3 is 0 Å². The Morgan fingerprint density at radius 2 is 1.59 bits per heavy atom. The third-order valence-corrected chi connectivity index (χ3v) is 5.58. The lowest BCUT2D eigenvalue weighted by Crippen LogP contribution is -2.23. The van der Waals surface area contributed by atoms with Gasteiger partial charge in [-0.1, -0.05) is 48.5 Å². The number of sulfonamides is 1. The first-order chi connectivity index (χ1) is 13.9. The molecule has 0 saturated heterocycles. The molecule has 0 saturated carbocycles. The highest BCUT2D eigenvalue weighted by Crippen LogP contribution is 2.22. The van der Waals surface area contributed by atoms with Crippen LogP contribution >= 0.6 is 0 Å². The third kappa shape index (κ3) is 5.91. The number of para-hydroxylation sites is 1. The van der Waals surface area contributed by atoms with Crippen LogP contribution in [0.2, 0.25) is 0 Å². The Balaban J connectivity index is 1.59. The molecule has 150 valence electrons. The zero-order chi connectivity index (χ0) is 20.7. The van der Waals surface area contributed by atoms with E-state index in [1.165, 1.54) is 12.1 Å². The molecule has 0 spiro atoms. The molecular formula is C22H22N2O4S. The van der Waals surface area contributed by atoms with E-state index in [0.29, 0.717) is 17.0 Å². The molecule has 0 fully saturated rings. The third-order valence-electron chi connectivity index (χ3n) is 4.18. The number of nitrogens with one attached hydrogen (secondary N) is 2. The zero-order valence-electron chi connectivity index (χ0n) is 16.0. The van der Waals surface area contributed by atoms with Gasteiger partial charge < -0.3 is 10.1 Å². The molecule has 0 aliphatic heterocycles. The summed E-state index contributed by atoms with van der Waals surface area (Å²) in [5.41, 5.74) is 2.18. The molecule has 3 rings (SSSR count). The number of hydrogen-bond acceptors (Lipinski definition) is 4. The van der Waals surface area contributed by atoms with Crippen molar-refractivity contribution < 1.29 is 17.9 Å². The summed E-state index contributed by atoms with van der Waals surface area (Å²) in [7, 11) is -3.65. The lowest BCUT2D eigenvalue weighted by Gasteiger charge is -2.12. The fourth-order valence-corrected chi connectivity index (χ4v) is 3.77. The summed E-state index contributed by atoms with van der Waals surface area (Å²) in [6.45, 7) is 1.77. The maximum Gasteiger partial charge on any atom is 0.262 e. The molecule has 0 aliphatic carbocycles. The number of carbonyl (C=O) groups excluding carboxylic acids is 1. The average Bonchev–Trinajstić information content (AvgIpc) is 2.73. The van der Waals surface area contributed by atoms with Crippen molar-refractivity contribution in [1.29, 1.82) is 0 Å². The monoisotopic (exact) mass is 410 g/mol. The number of amides is 1. The van der Waals surface area contributed by atoms with Crippen LogP contribution in [-0.4, -0.2) is 20.9 Å². The molecule has 0 heterocycles. The SMILES string of the molecule is Cc1cc(S(=O)(=O)NCc2ccccc2)ccc1OCC(=O)Nc1ccccc1. The van der Waals surface area contributed by atoms with Crippen molar-refractivity contribution in [2.75, 3.05) is 11.9 Å². The summed E-state index contributed by atoms with van der Waals surface area (Å²) in [5, 5.41) is 2.73. The fourth-order valence-electron chi connectivity index (χ4n) is 2.67. The van der Waals surface area contributed by atoms with E-state index in [9.17, 15) is 13.2 Å². The normalized spacial score (nSPS) is 11.1. The van der Waals surface area contributed by atoms with E-state index >= 15 is 0 Å². The molecule has 0 unspecified atom stereocenters. The highest BCUT2D eigenvalue weighted by molar-refractivity contribution is 7.89. The van der Waals surface area contributed by atoms with Crippen molar-refractivity contribution in [2.24, 2.45) is 0 Å². The van der Waals surface area contributed by atoms with Gasteiger partial charge in [-0.25, -0.2) is 13.1 Å². The Morgan fingerprint density at radius 3 is 2.24 bits per heavy atom. The molecule has 2 N–H and O–H groups in total. The van der Waals surface area contributed by atoms with Crippen molar-refractivity contribution in [2.45, 2.75) is 18.4 Å². The molecule has 29 heavy (non-hydrogen) atoms. The Labute approximate surface area is 170 Å². The lowest BCUT2D eigenvalue weighted by molar-refractivity contribution is -0.118. The predicted molar refractivity (Wildman–Crippen MR) is 112 cm³/mol. The van der Waals surface area contributed by atoms with E-state index in [1.807, 2.05) is 48.5 Å². The van der Waals surface area contributed by atoms with Gasteiger partial charge in [0.25, 0.3) is 5.91 Å². The largest absolute Gasteiger partial charge is 0.483 e. The van der Waals surface area contributed by atoms with Gasteiger partial charge in [-0.2, -0.15) is 0 Å². The van der Waals surface area contributed by atoms with E-state index in [-0.39, 0.29) is 24.0 Å². The second-order valence-corrected chi connectivity index (χ2v) is 8.21. The number of rotatable bonds is 8. The Hall–Kier alpha value is -3.16. The molecule has 3 aromatic carbocycles. The second-order valence-electron chi connectivity index (χ2n) is 6.44. The number of aryl methyl sites for hydroxylation is 1.